The van der Waals surface area contributed by atoms with Crippen LogP contribution in [0.1, 0.15) is 37.0 Å². The third-order valence-corrected chi connectivity index (χ3v) is 3.60. The molecule has 0 bridgehead atoms. The Bertz CT molecular complexity index is 539. The minimum Gasteiger partial charge on any atom is -0.304 e. The standard InChI is InChI=1S/C12H19BrN6/c1-5-14-10(11-12(13)15-17-18(11)4)9-7-8(3)16-19(9)6-2/h7,10,14H,5-6H2,1-4H3. The molecule has 0 radical (unpaired) electrons. The van der Waals surface area contributed by atoms with Crippen molar-refractivity contribution in [2.24, 2.45) is 7.05 Å². The average molecular weight is 327 g/mol. The molecule has 0 aromatic carbocycles. The molecule has 2 aromatic rings. The van der Waals surface area contributed by atoms with E-state index in [1.165, 1.54) is 0 Å². The molecule has 19 heavy (non-hydrogen) atoms. The average Bonchev–Trinajstić information content (AvgIpc) is 2.91. The van der Waals surface area contributed by atoms with Crippen LogP contribution in [0.3, 0.4) is 0 Å². The topological polar surface area (TPSA) is 60.6 Å². The van der Waals surface area contributed by atoms with Gasteiger partial charge in [-0.2, -0.15) is 5.10 Å². The van der Waals surface area contributed by atoms with Crippen LogP contribution in [0.4, 0.5) is 0 Å². The summed E-state index contributed by atoms with van der Waals surface area (Å²) in [4.78, 5) is 0. The Morgan fingerprint density at radius 1 is 1.42 bits per heavy atom. The summed E-state index contributed by atoms with van der Waals surface area (Å²) in [5, 5.41) is 16.1. The van der Waals surface area contributed by atoms with Crippen molar-refractivity contribution in [3.63, 3.8) is 0 Å². The number of hydrogen-bond acceptors (Lipinski definition) is 4. The molecule has 104 valence electrons. The second kappa shape index (κ2) is 5.83. The van der Waals surface area contributed by atoms with Crippen LogP contribution in [0.2, 0.25) is 0 Å². The molecule has 0 aliphatic carbocycles. The number of aromatic nitrogens is 5. The zero-order chi connectivity index (χ0) is 14.0. The lowest BCUT2D eigenvalue weighted by Crippen LogP contribution is -2.27. The van der Waals surface area contributed by atoms with E-state index in [0.717, 1.165) is 34.8 Å². The summed E-state index contributed by atoms with van der Waals surface area (Å²) in [5.41, 5.74) is 3.16. The molecule has 0 aliphatic heterocycles. The maximum Gasteiger partial charge on any atom is 0.153 e. The van der Waals surface area contributed by atoms with Gasteiger partial charge < -0.3 is 5.32 Å². The first-order valence-corrected chi connectivity index (χ1v) is 7.20. The van der Waals surface area contributed by atoms with Crippen LogP contribution in [-0.2, 0) is 13.6 Å². The number of aryl methyl sites for hydroxylation is 3. The van der Waals surface area contributed by atoms with Crippen LogP contribution in [0.5, 0.6) is 0 Å². The maximum absolute atomic E-state index is 4.51. The Morgan fingerprint density at radius 3 is 2.68 bits per heavy atom. The van der Waals surface area contributed by atoms with Crippen molar-refractivity contribution in [2.75, 3.05) is 6.54 Å². The Morgan fingerprint density at radius 2 is 2.16 bits per heavy atom. The second-order valence-electron chi connectivity index (χ2n) is 4.41. The summed E-state index contributed by atoms with van der Waals surface area (Å²) >= 11 is 3.47. The van der Waals surface area contributed by atoms with Gasteiger partial charge in [-0.05, 0) is 42.4 Å². The van der Waals surface area contributed by atoms with Gasteiger partial charge in [-0.1, -0.05) is 12.1 Å². The Kier molecular flexibility index (Phi) is 4.36. The molecule has 0 saturated carbocycles. The Hall–Kier alpha value is -1.21. The highest BCUT2D eigenvalue weighted by molar-refractivity contribution is 9.10. The summed E-state index contributed by atoms with van der Waals surface area (Å²) in [6.07, 6.45) is 0. The fourth-order valence-electron chi connectivity index (χ4n) is 2.24. The van der Waals surface area contributed by atoms with Crippen LogP contribution in [0, 0.1) is 6.92 Å². The molecule has 0 amide bonds. The summed E-state index contributed by atoms with van der Waals surface area (Å²) in [6.45, 7) is 7.89. The molecular weight excluding hydrogens is 308 g/mol. The largest absolute Gasteiger partial charge is 0.304 e. The van der Waals surface area contributed by atoms with Gasteiger partial charge in [0.15, 0.2) is 4.60 Å². The molecular formula is C12H19BrN6. The molecule has 0 aliphatic rings. The molecule has 6 nitrogen and oxygen atoms in total. The number of hydrogen-bond donors (Lipinski definition) is 1. The molecule has 2 heterocycles. The third kappa shape index (κ3) is 2.71. The summed E-state index contributed by atoms with van der Waals surface area (Å²) < 4.78 is 4.57. The first-order chi connectivity index (χ1) is 9.08. The monoisotopic (exact) mass is 326 g/mol. The van der Waals surface area contributed by atoms with E-state index in [4.69, 9.17) is 0 Å². The zero-order valence-electron chi connectivity index (χ0n) is 11.7. The van der Waals surface area contributed by atoms with Gasteiger partial charge >= 0.3 is 0 Å². The molecule has 2 rings (SSSR count). The van der Waals surface area contributed by atoms with E-state index in [-0.39, 0.29) is 6.04 Å². The lowest BCUT2D eigenvalue weighted by Gasteiger charge is -2.19. The van der Waals surface area contributed by atoms with E-state index < -0.39 is 0 Å². The Labute approximate surface area is 121 Å². The van der Waals surface area contributed by atoms with E-state index in [9.17, 15) is 0 Å². The van der Waals surface area contributed by atoms with E-state index >= 15 is 0 Å². The SMILES string of the molecule is CCNC(c1c(Br)nnn1C)c1cc(C)nn1CC. The molecule has 0 spiro atoms. The molecule has 0 saturated heterocycles. The van der Waals surface area contributed by atoms with Crippen molar-refractivity contribution in [1.29, 1.82) is 0 Å². The van der Waals surface area contributed by atoms with Crippen molar-refractivity contribution in [3.8, 4) is 0 Å². The van der Waals surface area contributed by atoms with Gasteiger partial charge in [0.25, 0.3) is 0 Å². The number of nitrogens with zero attached hydrogens (tertiary/aromatic N) is 5. The van der Waals surface area contributed by atoms with Crippen molar-refractivity contribution in [3.05, 3.63) is 27.8 Å². The fraction of sp³-hybridized carbons (Fsp3) is 0.583. The highest BCUT2D eigenvalue weighted by Crippen LogP contribution is 2.27. The minimum atomic E-state index is 0.0283. The van der Waals surface area contributed by atoms with Crippen molar-refractivity contribution in [2.45, 2.75) is 33.4 Å². The van der Waals surface area contributed by atoms with Crippen LogP contribution in [0.25, 0.3) is 0 Å². The predicted molar refractivity (Wildman–Crippen MR) is 76.9 cm³/mol. The lowest BCUT2D eigenvalue weighted by atomic mass is 10.1. The van der Waals surface area contributed by atoms with E-state index in [2.05, 4.69) is 56.6 Å². The molecule has 1 unspecified atom stereocenters. The number of rotatable bonds is 5. The first kappa shape index (κ1) is 14.2. The van der Waals surface area contributed by atoms with Gasteiger partial charge in [-0.3, -0.25) is 4.68 Å². The lowest BCUT2D eigenvalue weighted by molar-refractivity contribution is 0.512. The fourth-order valence-corrected chi connectivity index (χ4v) is 2.80. The minimum absolute atomic E-state index is 0.0283. The van der Waals surface area contributed by atoms with Crippen LogP contribution < -0.4 is 5.32 Å². The van der Waals surface area contributed by atoms with Gasteiger partial charge in [0.1, 0.15) is 0 Å². The van der Waals surface area contributed by atoms with E-state index in [1.807, 2.05) is 18.7 Å². The van der Waals surface area contributed by atoms with Gasteiger partial charge in [0, 0.05) is 13.6 Å². The normalized spacial score (nSPS) is 12.9. The quantitative estimate of drug-likeness (QED) is 0.910. The first-order valence-electron chi connectivity index (χ1n) is 6.41. The maximum atomic E-state index is 4.51. The third-order valence-electron chi connectivity index (χ3n) is 3.04. The van der Waals surface area contributed by atoms with Crippen molar-refractivity contribution < 1.29 is 0 Å². The summed E-state index contributed by atoms with van der Waals surface area (Å²) in [7, 11) is 1.90. The molecule has 1 atom stereocenters. The van der Waals surface area contributed by atoms with E-state index in [1.54, 1.807) is 4.68 Å². The highest BCUT2D eigenvalue weighted by Gasteiger charge is 2.24. The molecule has 0 fully saturated rings. The molecule has 7 heteroatoms. The van der Waals surface area contributed by atoms with Gasteiger partial charge in [-0.25, -0.2) is 4.68 Å². The Balaban J connectivity index is 2.51. The number of halogens is 1. The van der Waals surface area contributed by atoms with Crippen LogP contribution in [-0.4, -0.2) is 31.3 Å². The van der Waals surface area contributed by atoms with Gasteiger partial charge in [0.05, 0.1) is 23.1 Å². The smallest absolute Gasteiger partial charge is 0.153 e. The zero-order valence-corrected chi connectivity index (χ0v) is 13.3. The summed E-state index contributed by atoms with van der Waals surface area (Å²) in [6, 6.07) is 2.14. The molecule has 2 aromatic heterocycles. The summed E-state index contributed by atoms with van der Waals surface area (Å²) in [5.74, 6) is 0. The van der Waals surface area contributed by atoms with Gasteiger partial charge in [0.2, 0.25) is 0 Å². The van der Waals surface area contributed by atoms with Crippen LogP contribution in [0.15, 0.2) is 10.7 Å². The van der Waals surface area contributed by atoms with Gasteiger partial charge in [-0.15, -0.1) is 5.10 Å². The molecule has 1 N–H and O–H groups in total. The van der Waals surface area contributed by atoms with Crippen molar-refractivity contribution >= 4 is 15.9 Å². The van der Waals surface area contributed by atoms with E-state index in [0.29, 0.717) is 0 Å². The highest BCUT2D eigenvalue weighted by atomic mass is 79.9. The predicted octanol–water partition coefficient (Wildman–Crippen LogP) is 1.80. The number of nitrogens with one attached hydrogen (secondary N) is 1. The van der Waals surface area contributed by atoms with Crippen molar-refractivity contribution in [1.82, 2.24) is 30.1 Å². The second-order valence-corrected chi connectivity index (χ2v) is 5.16. The van der Waals surface area contributed by atoms with Crippen LogP contribution >= 0.6 is 15.9 Å².